The monoisotopic (exact) mass is 294 g/mol. The highest BCUT2D eigenvalue weighted by Crippen LogP contribution is 2.21. The van der Waals surface area contributed by atoms with Gasteiger partial charge in [0.25, 0.3) is 0 Å². The maximum Gasteiger partial charge on any atom is 0.303 e. The number of rotatable bonds is 8. The molecule has 0 amide bonds. The smallest absolute Gasteiger partial charge is 0.303 e. The molecule has 0 saturated carbocycles. The van der Waals surface area contributed by atoms with Gasteiger partial charge in [0.15, 0.2) is 0 Å². The average molecular weight is 295 g/mol. The number of carboxylic acids is 1. The van der Waals surface area contributed by atoms with Crippen LogP contribution in [0.25, 0.3) is 0 Å². The Balaban J connectivity index is 2.47. The van der Waals surface area contributed by atoms with Gasteiger partial charge >= 0.3 is 5.97 Å². The number of carbonyl (C=O) groups is 1. The summed E-state index contributed by atoms with van der Waals surface area (Å²) in [5.74, 6) is -0.364. The van der Waals surface area contributed by atoms with E-state index in [9.17, 15) is 4.79 Å². The molecule has 0 fully saturated rings. The summed E-state index contributed by atoms with van der Waals surface area (Å²) in [5, 5.41) is 21.5. The third kappa shape index (κ3) is 5.50. The summed E-state index contributed by atoms with van der Waals surface area (Å²) in [7, 11) is 0. The first kappa shape index (κ1) is 16.3. The predicted molar refractivity (Wildman–Crippen MR) is 79.9 cm³/mol. The quantitative estimate of drug-likeness (QED) is 0.762. The van der Waals surface area contributed by atoms with Crippen molar-refractivity contribution < 1.29 is 9.90 Å². The standard InChI is InChI=1S/C15H19ClN2O2/c1-2-11(3-6-15(19)20)7-8-18-14-5-4-13(16)9-12(14)10-17/h4-5,9,11,18H,2-3,6-8H2,1H3,(H,19,20). The number of hydrogen-bond acceptors (Lipinski definition) is 3. The number of nitrogens with one attached hydrogen (secondary N) is 1. The highest BCUT2D eigenvalue weighted by molar-refractivity contribution is 6.30. The Hall–Kier alpha value is -1.73. The van der Waals surface area contributed by atoms with E-state index in [0.717, 1.165) is 18.5 Å². The Labute approximate surface area is 124 Å². The van der Waals surface area contributed by atoms with Gasteiger partial charge in [-0.1, -0.05) is 24.9 Å². The molecule has 0 bridgehead atoms. The lowest BCUT2D eigenvalue weighted by molar-refractivity contribution is -0.137. The Morgan fingerprint density at radius 3 is 2.85 bits per heavy atom. The summed E-state index contributed by atoms with van der Waals surface area (Å²) in [6, 6.07) is 7.27. The number of carboxylic acid groups (broad SMARTS) is 1. The number of benzene rings is 1. The molecule has 0 aromatic heterocycles. The molecule has 0 saturated heterocycles. The van der Waals surface area contributed by atoms with Crippen molar-refractivity contribution in [1.29, 1.82) is 5.26 Å². The number of nitrogens with zero attached hydrogens (tertiary/aromatic N) is 1. The molecule has 0 heterocycles. The topological polar surface area (TPSA) is 73.1 Å². The number of anilines is 1. The largest absolute Gasteiger partial charge is 0.481 e. The maximum atomic E-state index is 10.6. The Morgan fingerprint density at radius 2 is 2.25 bits per heavy atom. The van der Waals surface area contributed by atoms with E-state index in [1.165, 1.54) is 0 Å². The van der Waals surface area contributed by atoms with E-state index in [-0.39, 0.29) is 6.42 Å². The third-order valence-electron chi connectivity index (χ3n) is 3.31. The van der Waals surface area contributed by atoms with Gasteiger partial charge in [-0.25, -0.2) is 0 Å². The molecule has 1 atom stereocenters. The molecule has 0 spiro atoms. The van der Waals surface area contributed by atoms with Crippen LogP contribution in [0.2, 0.25) is 5.02 Å². The van der Waals surface area contributed by atoms with Gasteiger partial charge in [-0.05, 0) is 37.0 Å². The maximum absolute atomic E-state index is 10.6. The summed E-state index contributed by atoms with van der Waals surface area (Å²) in [5.41, 5.74) is 1.29. The Morgan fingerprint density at radius 1 is 1.50 bits per heavy atom. The van der Waals surface area contributed by atoms with Crippen LogP contribution in [0, 0.1) is 17.2 Å². The van der Waals surface area contributed by atoms with Crippen molar-refractivity contribution >= 4 is 23.3 Å². The van der Waals surface area contributed by atoms with E-state index in [1.807, 2.05) is 0 Å². The van der Waals surface area contributed by atoms with E-state index in [2.05, 4.69) is 18.3 Å². The second-order valence-electron chi connectivity index (χ2n) is 4.72. The molecule has 1 rings (SSSR count). The van der Waals surface area contributed by atoms with Gasteiger partial charge in [-0.2, -0.15) is 5.26 Å². The molecule has 0 aliphatic rings. The zero-order chi connectivity index (χ0) is 15.0. The van der Waals surface area contributed by atoms with Crippen molar-refractivity contribution in [2.45, 2.75) is 32.6 Å². The van der Waals surface area contributed by atoms with Crippen molar-refractivity contribution in [2.75, 3.05) is 11.9 Å². The molecule has 0 aliphatic carbocycles. The zero-order valence-electron chi connectivity index (χ0n) is 11.5. The second-order valence-corrected chi connectivity index (χ2v) is 5.16. The summed E-state index contributed by atoms with van der Waals surface area (Å²) in [6.07, 6.45) is 2.75. The molecule has 2 N–H and O–H groups in total. The summed E-state index contributed by atoms with van der Waals surface area (Å²) in [6.45, 7) is 2.78. The van der Waals surface area contributed by atoms with Crippen LogP contribution in [0.5, 0.6) is 0 Å². The van der Waals surface area contributed by atoms with Crippen LogP contribution in [0.1, 0.15) is 38.2 Å². The molecular weight excluding hydrogens is 276 g/mol. The van der Waals surface area contributed by atoms with E-state index in [4.69, 9.17) is 22.0 Å². The summed E-state index contributed by atoms with van der Waals surface area (Å²) < 4.78 is 0. The number of halogens is 1. The Bertz CT molecular complexity index is 497. The van der Waals surface area contributed by atoms with Crippen molar-refractivity contribution in [3.05, 3.63) is 28.8 Å². The first-order valence-corrected chi connectivity index (χ1v) is 7.10. The van der Waals surface area contributed by atoms with Crippen LogP contribution < -0.4 is 5.32 Å². The average Bonchev–Trinajstić information content (AvgIpc) is 2.43. The van der Waals surface area contributed by atoms with Gasteiger partial charge < -0.3 is 10.4 Å². The highest BCUT2D eigenvalue weighted by atomic mass is 35.5. The van der Waals surface area contributed by atoms with Crippen molar-refractivity contribution in [3.63, 3.8) is 0 Å². The van der Waals surface area contributed by atoms with Crippen LogP contribution in [0.15, 0.2) is 18.2 Å². The lowest BCUT2D eigenvalue weighted by Gasteiger charge is -2.15. The normalized spacial score (nSPS) is 11.7. The molecule has 4 nitrogen and oxygen atoms in total. The van der Waals surface area contributed by atoms with Crippen molar-refractivity contribution in [1.82, 2.24) is 0 Å². The number of aliphatic carboxylic acids is 1. The summed E-state index contributed by atoms with van der Waals surface area (Å²) >= 11 is 5.84. The fourth-order valence-corrected chi connectivity index (χ4v) is 2.23. The van der Waals surface area contributed by atoms with Crippen molar-refractivity contribution in [3.8, 4) is 6.07 Å². The molecular formula is C15H19ClN2O2. The summed E-state index contributed by atoms with van der Waals surface area (Å²) in [4.78, 5) is 10.6. The lowest BCUT2D eigenvalue weighted by Crippen LogP contribution is -2.11. The SMILES string of the molecule is CCC(CCNc1ccc(Cl)cc1C#N)CCC(=O)O. The minimum atomic E-state index is -0.749. The van der Waals surface area contributed by atoms with Gasteiger partial charge in [0.2, 0.25) is 0 Å². The molecule has 0 aliphatic heterocycles. The molecule has 20 heavy (non-hydrogen) atoms. The lowest BCUT2D eigenvalue weighted by atomic mass is 9.96. The zero-order valence-corrected chi connectivity index (χ0v) is 12.3. The van der Waals surface area contributed by atoms with Gasteiger partial charge in [-0.3, -0.25) is 4.79 Å². The Kier molecular flexibility index (Phi) is 6.89. The van der Waals surface area contributed by atoms with Gasteiger partial charge in [0, 0.05) is 18.0 Å². The van der Waals surface area contributed by atoms with Crippen LogP contribution in [0.4, 0.5) is 5.69 Å². The molecule has 1 unspecified atom stereocenters. The van der Waals surface area contributed by atoms with E-state index >= 15 is 0 Å². The predicted octanol–water partition coefficient (Wildman–Crippen LogP) is 3.90. The van der Waals surface area contributed by atoms with E-state index in [0.29, 0.717) is 29.5 Å². The van der Waals surface area contributed by atoms with Crippen LogP contribution >= 0.6 is 11.6 Å². The molecule has 1 aromatic rings. The fraction of sp³-hybridized carbons (Fsp3) is 0.467. The van der Waals surface area contributed by atoms with Gasteiger partial charge in [0.1, 0.15) is 6.07 Å². The van der Waals surface area contributed by atoms with Crippen LogP contribution in [-0.2, 0) is 4.79 Å². The molecule has 0 radical (unpaired) electrons. The number of hydrogen-bond donors (Lipinski definition) is 2. The minimum absolute atomic E-state index is 0.211. The van der Waals surface area contributed by atoms with Crippen LogP contribution in [0.3, 0.4) is 0 Å². The first-order valence-electron chi connectivity index (χ1n) is 6.72. The number of nitriles is 1. The molecule has 5 heteroatoms. The molecule has 1 aromatic carbocycles. The van der Waals surface area contributed by atoms with Crippen LogP contribution in [-0.4, -0.2) is 17.6 Å². The fourth-order valence-electron chi connectivity index (χ4n) is 2.05. The third-order valence-corrected chi connectivity index (χ3v) is 3.55. The van der Waals surface area contributed by atoms with Crippen molar-refractivity contribution in [2.24, 2.45) is 5.92 Å². The molecule has 108 valence electrons. The van der Waals surface area contributed by atoms with Gasteiger partial charge in [0.05, 0.1) is 11.3 Å². The van der Waals surface area contributed by atoms with E-state index < -0.39 is 5.97 Å². The highest BCUT2D eigenvalue weighted by Gasteiger charge is 2.09. The second kappa shape index (κ2) is 8.44. The first-order chi connectivity index (χ1) is 9.56. The minimum Gasteiger partial charge on any atom is -0.481 e. The van der Waals surface area contributed by atoms with E-state index in [1.54, 1.807) is 18.2 Å². The van der Waals surface area contributed by atoms with Gasteiger partial charge in [-0.15, -0.1) is 0 Å².